The van der Waals surface area contributed by atoms with Crippen molar-refractivity contribution in [3.8, 4) is 17.1 Å². The molecule has 2 heterocycles. The van der Waals surface area contributed by atoms with Crippen LogP contribution in [0.15, 0.2) is 24.4 Å². The Balaban J connectivity index is 2.17. The van der Waals surface area contributed by atoms with Gasteiger partial charge in [0.05, 0.1) is 23.5 Å². The first-order valence-corrected chi connectivity index (χ1v) is 6.84. The van der Waals surface area contributed by atoms with Gasteiger partial charge in [-0.1, -0.05) is 11.6 Å². The molecule has 0 saturated heterocycles. The monoisotopic (exact) mass is 319 g/mol. The second-order valence-electron chi connectivity index (χ2n) is 4.38. The van der Waals surface area contributed by atoms with E-state index in [0.29, 0.717) is 29.0 Å². The minimum absolute atomic E-state index is 0.0120. The summed E-state index contributed by atoms with van der Waals surface area (Å²) in [5.74, 6) is -0.180. The van der Waals surface area contributed by atoms with Gasteiger partial charge in [0.15, 0.2) is 11.2 Å². The lowest BCUT2D eigenvalue weighted by atomic mass is 10.1. The van der Waals surface area contributed by atoms with Crippen LogP contribution in [-0.4, -0.2) is 26.5 Å². The van der Waals surface area contributed by atoms with Crippen molar-refractivity contribution in [2.45, 2.75) is 6.92 Å². The Kier molecular flexibility index (Phi) is 3.72. The molecule has 0 spiro atoms. The van der Waals surface area contributed by atoms with E-state index in [1.54, 1.807) is 6.07 Å². The van der Waals surface area contributed by atoms with Crippen molar-refractivity contribution in [3.63, 3.8) is 0 Å². The van der Waals surface area contributed by atoms with Gasteiger partial charge in [-0.3, -0.25) is 0 Å². The maximum absolute atomic E-state index is 13.3. The molecule has 8 heteroatoms. The van der Waals surface area contributed by atoms with E-state index >= 15 is 0 Å². The summed E-state index contributed by atoms with van der Waals surface area (Å²) >= 11 is 5.79. The quantitative estimate of drug-likeness (QED) is 0.798. The number of aromatic nitrogens is 4. The first-order valence-electron chi connectivity index (χ1n) is 6.47. The van der Waals surface area contributed by atoms with Gasteiger partial charge < -0.3 is 10.5 Å². The van der Waals surface area contributed by atoms with Crippen molar-refractivity contribution >= 4 is 28.7 Å². The van der Waals surface area contributed by atoms with Crippen LogP contribution in [0.1, 0.15) is 6.92 Å². The number of benzene rings is 1. The summed E-state index contributed by atoms with van der Waals surface area (Å²) in [4.78, 5) is 16.7. The Morgan fingerprint density at radius 2 is 2.09 bits per heavy atom. The topological polar surface area (TPSA) is 86.8 Å². The Morgan fingerprint density at radius 3 is 2.82 bits per heavy atom. The number of anilines is 1. The summed E-state index contributed by atoms with van der Waals surface area (Å²) in [5.41, 5.74) is 7.45. The summed E-state index contributed by atoms with van der Waals surface area (Å²) < 4.78 is 18.7. The Bertz CT molecular complexity index is 858. The van der Waals surface area contributed by atoms with Crippen molar-refractivity contribution < 1.29 is 9.13 Å². The minimum Gasteiger partial charge on any atom is -0.476 e. The van der Waals surface area contributed by atoms with Crippen LogP contribution in [0.5, 0.6) is 5.88 Å². The van der Waals surface area contributed by atoms with E-state index in [-0.39, 0.29) is 16.9 Å². The van der Waals surface area contributed by atoms with Crippen LogP contribution in [0.25, 0.3) is 22.4 Å². The third kappa shape index (κ3) is 2.62. The molecule has 0 aliphatic carbocycles. The Hall–Kier alpha value is -2.54. The first-order chi connectivity index (χ1) is 10.6. The van der Waals surface area contributed by atoms with Crippen molar-refractivity contribution in [2.75, 3.05) is 12.3 Å². The molecule has 0 amide bonds. The van der Waals surface area contributed by atoms with Gasteiger partial charge in [-0.05, 0) is 25.1 Å². The van der Waals surface area contributed by atoms with E-state index in [4.69, 9.17) is 22.1 Å². The summed E-state index contributed by atoms with van der Waals surface area (Å²) in [6, 6.07) is 4.31. The molecule has 6 nitrogen and oxygen atoms in total. The zero-order chi connectivity index (χ0) is 15.7. The number of hydrogen-bond acceptors (Lipinski definition) is 6. The zero-order valence-corrected chi connectivity index (χ0v) is 12.3. The summed E-state index contributed by atoms with van der Waals surface area (Å²) in [6.07, 6.45) is 1.51. The number of rotatable bonds is 3. The maximum Gasteiger partial charge on any atom is 0.247 e. The molecule has 0 saturated carbocycles. The zero-order valence-electron chi connectivity index (χ0n) is 11.5. The molecule has 0 aliphatic rings. The molecule has 3 rings (SSSR count). The van der Waals surface area contributed by atoms with Crippen molar-refractivity contribution in [1.29, 1.82) is 0 Å². The van der Waals surface area contributed by atoms with Crippen LogP contribution < -0.4 is 10.5 Å². The largest absolute Gasteiger partial charge is 0.476 e. The molecule has 2 N–H and O–H groups in total. The molecule has 0 atom stereocenters. The van der Waals surface area contributed by atoms with Crippen LogP contribution in [0, 0.1) is 5.82 Å². The van der Waals surface area contributed by atoms with E-state index in [9.17, 15) is 4.39 Å². The Morgan fingerprint density at radius 1 is 1.27 bits per heavy atom. The third-order valence-electron chi connectivity index (χ3n) is 2.89. The predicted octanol–water partition coefficient (Wildman–Crippen LogP) is 2.86. The number of halogens is 2. The van der Waals surface area contributed by atoms with E-state index in [2.05, 4.69) is 19.9 Å². The van der Waals surface area contributed by atoms with E-state index < -0.39 is 5.82 Å². The number of nitrogens with two attached hydrogens (primary N) is 1. The smallest absolute Gasteiger partial charge is 0.247 e. The van der Waals surface area contributed by atoms with Gasteiger partial charge >= 0.3 is 0 Å². The maximum atomic E-state index is 13.3. The van der Waals surface area contributed by atoms with E-state index in [1.165, 1.54) is 18.3 Å². The lowest BCUT2D eigenvalue weighted by Crippen LogP contribution is -2.04. The second-order valence-corrected chi connectivity index (χ2v) is 4.78. The molecular weight excluding hydrogens is 309 g/mol. The van der Waals surface area contributed by atoms with Crippen LogP contribution in [-0.2, 0) is 0 Å². The predicted molar refractivity (Wildman–Crippen MR) is 81.1 cm³/mol. The van der Waals surface area contributed by atoms with Gasteiger partial charge in [-0.25, -0.2) is 14.4 Å². The molecule has 1 aromatic carbocycles. The standard InChI is InChI=1S/C14H11ClFN5O/c1-2-22-13-11-12(20-14(17)21-13)18-6-10(19-11)7-3-4-9(16)8(15)5-7/h3-6H,2H2,1H3,(H2,17,18,20,21). The average Bonchev–Trinajstić information content (AvgIpc) is 2.50. The molecule has 0 radical (unpaired) electrons. The molecule has 22 heavy (non-hydrogen) atoms. The Labute approximate surface area is 130 Å². The molecular formula is C14H11ClFN5O. The molecule has 3 aromatic rings. The highest BCUT2D eigenvalue weighted by Gasteiger charge is 2.12. The van der Waals surface area contributed by atoms with Gasteiger partial charge in [0.1, 0.15) is 5.82 Å². The molecule has 0 bridgehead atoms. The van der Waals surface area contributed by atoms with E-state index in [0.717, 1.165) is 0 Å². The number of fused-ring (bicyclic) bond motifs is 1. The summed E-state index contributed by atoms with van der Waals surface area (Å²) in [6.45, 7) is 2.22. The number of ether oxygens (including phenoxy) is 1. The van der Waals surface area contributed by atoms with Crippen LogP contribution in [0.3, 0.4) is 0 Å². The molecule has 112 valence electrons. The highest BCUT2D eigenvalue weighted by molar-refractivity contribution is 6.31. The van der Waals surface area contributed by atoms with Crippen LogP contribution in [0.2, 0.25) is 5.02 Å². The second kappa shape index (κ2) is 5.69. The minimum atomic E-state index is -0.495. The van der Waals surface area contributed by atoms with Crippen molar-refractivity contribution in [2.24, 2.45) is 0 Å². The lowest BCUT2D eigenvalue weighted by Gasteiger charge is -2.07. The average molecular weight is 320 g/mol. The van der Waals surface area contributed by atoms with Gasteiger partial charge in [0.2, 0.25) is 11.8 Å². The summed E-state index contributed by atoms with van der Waals surface area (Å²) in [5, 5.41) is 0.0120. The van der Waals surface area contributed by atoms with E-state index in [1.807, 2.05) is 6.92 Å². The highest BCUT2D eigenvalue weighted by atomic mass is 35.5. The summed E-state index contributed by atoms with van der Waals surface area (Å²) in [7, 11) is 0. The molecule has 0 aliphatic heterocycles. The van der Waals surface area contributed by atoms with Crippen LogP contribution in [0.4, 0.5) is 10.3 Å². The number of hydrogen-bond donors (Lipinski definition) is 1. The van der Waals surface area contributed by atoms with Crippen LogP contribution >= 0.6 is 11.6 Å². The fraction of sp³-hybridized carbons (Fsp3) is 0.143. The van der Waals surface area contributed by atoms with Gasteiger partial charge in [-0.2, -0.15) is 9.97 Å². The molecule has 0 unspecified atom stereocenters. The fourth-order valence-corrected chi connectivity index (χ4v) is 2.11. The SMILES string of the molecule is CCOc1nc(N)nc2ncc(-c3ccc(F)c(Cl)c3)nc12. The normalized spacial score (nSPS) is 10.9. The van der Waals surface area contributed by atoms with Gasteiger partial charge in [0, 0.05) is 5.56 Å². The fourth-order valence-electron chi connectivity index (χ4n) is 1.93. The van der Waals surface area contributed by atoms with Gasteiger partial charge in [-0.15, -0.1) is 0 Å². The molecule has 2 aromatic heterocycles. The first kappa shape index (κ1) is 14.4. The number of nitrogens with zero attached hydrogens (tertiary/aromatic N) is 4. The van der Waals surface area contributed by atoms with Crippen molar-refractivity contribution in [3.05, 3.63) is 35.2 Å². The van der Waals surface area contributed by atoms with Gasteiger partial charge in [0.25, 0.3) is 0 Å². The number of nitrogen functional groups attached to an aromatic ring is 1. The molecule has 0 fully saturated rings. The third-order valence-corrected chi connectivity index (χ3v) is 3.18. The lowest BCUT2D eigenvalue weighted by molar-refractivity contribution is 0.330. The van der Waals surface area contributed by atoms with Crippen molar-refractivity contribution in [1.82, 2.24) is 19.9 Å². The highest BCUT2D eigenvalue weighted by Crippen LogP contribution is 2.26.